The normalized spacial score (nSPS) is 19.0. The predicted molar refractivity (Wildman–Crippen MR) is 71.8 cm³/mol. The van der Waals surface area contributed by atoms with E-state index in [0.29, 0.717) is 18.8 Å². The lowest BCUT2D eigenvalue weighted by molar-refractivity contribution is 0.222. The van der Waals surface area contributed by atoms with Gasteiger partial charge in [0.25, 0.3) is 0 Å². The number of hydrogen-bond acceptors (Lipinski definition) is 4. The summed E-state index contributed by atoms with van der Waals surface area (Å²) in [6.07, 6.45) is 0. The van der Waals surface area contributed by atoms with E-state index in [9.17, 15) is 8.42 Å². The lowest BCUT2D eigenvalue weighted by Crippen LogP contribution is -2.47. The van der Waals surface area contributed by atoms with Gasteiger partial charge in [0.2, 0.25) is 10.0 Å². The van der Waals surface area contributed by atoms with Crippen LogP contribution in [-0.4, -0.2) is 50.8 Å². The summed E-state index contributed by atoms with van der Waals surface area (Å²) in [6, 6.07) is 5.07. The molecule has 0 spiro atoms. The fraction of sp³-hybridized carbons (Fsp3) is 0.500. The fourth-order valence-corrected chi connectivity index (χ4v) is 3.59. The van der Waals surface area contributed by atoms with Crippen molar-refractivity contribution in [2.24, 2.45) is 0 Å². The van der Waals surface area contributed by atoms with Gasteiger partial charge in [-0.15, -0.1) is 0 Å². The molecule has 0 aliphatic carbocycles. The molecule has 1 aromatic carbocycles. The zero-order valence-corrected chi connectivity index (χ0v) is 11.6. The summed E-state index contributed by atoms with van der Waals surface area (Å²) in [5.41, 5.74) is 7.12. The Bertz CT molecular complexity index is 534. The van der Waals surface area contributed by atoms with Crippen molar-refractivity contribution >= 4 is 15.7 Å². The van der Waals surface area contributed by atoms with Crippen LogP contribution in [0.4, 0.5) is 5.69 Å². The minimum absolute atomic E-state index is 0.220. The third-order valence-corrected chi connectivity index (χ3v) is 5.22. The monoisotopic (exact) mass is 269 g/mol. The van der Waals surface area contributed by atoms with Gasteiger partial charge in [-0.25, -0.2) is 8.42 Å². The molecule has 0 atom stereocenters. The summed E-state index contributed by atoms with van der Waals surface area (Å²) in [6.45, 7) is 4.44. The molecule has 1 aromatic rings. The maximum atomic E-state index is 12.5. The SMILES string of the molecule is Cc1ccc(S(=O)(=O)N2CCN(C)CC2)c(N)c1. The van der Waals surface area contributed by atoms with E-state index < -0.39 is 10.0 Å². The Hall–Kier alpha value is -1.11. The van der Waals surface area contributed by atoms with Crippen LogP contribution >= 0.6 is 0 Å². The highest BCUT2D eigenvalue weighted by Gasteiger charge is 2.28. The molecule has 6 heteroatoms. The number of anilines is 1. The van der Waals surface area contributed by atoms with Crippen LogP contribution < -0.4 is 5.73 Å². The molecule has 0 radical (unpaired) electrons. The van der Waals surface area contributed by atoms with Gasteiger partial charge < -0.3 is 10.6 Å². The fourth-order valence-electron chi connectivity index (χ4n) is 2.07. The summed E-state index contributed by atoms with van der Waals surface area (Å²) < 4.78 is 26.4. The van der Waals surface area contributed by atoms with Crippen LogP contribution in [0.3, 0.4) is 0 Å². The Morgan fingerprint density at radius 3 is 2.33 bits per heavy atom. The number of nitrogen functional groups attached to an aromatic ring is 1. The van der Waals surface area contributed by atoms with E-state index in [0.717, 1.165) is 18.7 Å². The second-order valence-electron chi connectivity index (χ2n) is 4.75. The smallest absolute Gasteiger partial charge is 0.245 e. The van der Waals surface area contributed by atoms with Gasteiger partial charge >= 0.3 is 0 Å². The molecule has 0 aromatic heterocycles. The molecule has 0 saturated carbocycles. The largest absolute Gasteiger partial charge is 0.398 e. The Kier molecular flexibility index (Phi) is 3.61. The zero-order chi connectivity index (χ0) is 13.3. The first-order valence-electron chi connectivity index (χ1n) is 5.96. The molecule has 0 bridgehead atoms. The summed E-state index contributed by atoms with van der Waals surface area (Å²) in [7, 11) is -1.46. The first kappa shape index (κ1) is 13.3. The molecule has 100 valence electrons. The lowest BCUT2D eigenvalue weighted by Gasteiger charge is -2.31. The van der Waals surface area contributed by atoms with Gasteiger partial charge in [0.1, 0.15) is 4.90 Å². The molecule has 1 heterocycles. The van der Waals surface area contributed by atoms with Crippen LogP contribution in [0.15, 0.2) is 23.1 Å². The molecule has 0 amide bonds. The maximum Gasteiger partial charge on any atom is 0.245 e. The van der Waals surface area contributed by atoms with Crippen molar-refractivity contribution < 1.29 is 8.42 Å². The quantitative estimate of drug-likeness (QED) is 0.795. The molecule has 5 nitrogen and oxygen atoms in total. The highest BCUT2D eigenvalue weighted by atomic mass is 32.2. The molecule has 2 rings (SSSR count). The van der Waals surface area contributed by atoms with E-state index >= 15 is 0 Å². The summed E-state index contributed by atoms with van der Waals surface area (Å²) in [4.78, 5) is 2.34. The molecular formula is C12H19N3O2S. The molecule has 1 saturated heterocycles. The number of hydrogen-bond donors (Lipinski definition) is 1. The number of aryl methyl sites for hydroxylation is 1. The van der Waals surface area contributed by atoms with Crippen LogP contribution in [0.2, 0.25) is 0 Å². The number of nitrogens with zero attached hydrogens (tertiary/aromatic N) is 2. The van der Waals surface area contributed by atoms with Crippen molar-refractivity contribution in [1.29, 1.82) is 0 Å². The van der Waals surface area contributed by atoms with Crippen molar-refractivity contribution in [2.45, 2.75) is 11.8 Å². The second-order valence-corrected chi connectivity index (χ2v) is 6.65. The van der Waals surface area contributed by atoms with Crippen molar-refractivity contribution in [1.82, 2.24) is 9.21 Å². The summed E-state index contributed by atoms with van der Waals surface area (Å²) >= 11 is 0. The third-order valence-electron chi connectivity index (χ3n) is 3.25. The predicted octanol–water partition coefficient (Wildman–Crippen LogP) is 0.513. The maximum absolute atomic E-state index is 12.5. The number of benzene rings is 1. The summed E-state index contributed by atoms with van der Waals surface area (Å²) in [5, 5.41) is 0. The number of likely N-dealkylation sites (N-methyl/N-ethyl adjacent to an activating group) is 1. The number of rotatable bonds is 2. The molecule has 1 fully saturated rings. The van der Waals surface area contributed by atoms with E-state index in [1.54, 1.807) is 18.2 Å². The Labute approximate surface area is 108 Å². The van der Waals surface area contributed by atoms with Gasteiger partial charge in [0.15, 0.2) is 0 Å². The van der Waals surface area contributed by atoms with Gasteiger partial charge in [-0.1, -0.05) is 6.07 Å². The van der Waals surface area contributed by atoms with Crippen LogP contribution in [0.1, 0.15) is 5.56 Å². The van der Waals surface area contributed by atoms with Crippen LogP contribution in [-0.2, 0) is 10.0 Å². The highest BCUT2D eigenvalue weighted by Crippen LogP contribution is 2.24. The van der Waals surface area contributed by atoms with Crippen molar-refractivity contribution in [3.63, 3.8) is 0 Å². The minimum Gasteiger partial charge on any atom is -0.398 e. The van der Waals surface area contributed by atoms with Gasteiger partial charge in [0, 0.05) is 26.2 Å². The third kappa shape index (κ3) is 2.50. The number of nitrogens with two attached hydrogens (primary N) is 1. The van der Waals surface area contributed by atoms with E-state index in [2.05, 4.69) is 4.90 Å². The molecule has 2 N–H and O–H groups in total. The van der Waals surface area contributed by atoms with Gasteiger partial charge in [-0.2, -0.15) is 4.31 Å². The Balaban J connectivity index is 2.30. The van der Waals surface area contributed by atoms with Crippen LogP contribution in [0.5, 0.6) is 0 Å². The molecule has 0 unspecified atom stereocenters. The first-order valence-corrected chi connectivity index (χ1v) is 7.40. The molecule has 1 aliphatic rings. The van der Waals surface area contributed by atoms with E-state index in [-0.39, 0.29) is 4.90 Å². The van der Waals surface area contributed by atoms with Crippen molar-refractivity contribution in [3.05, 3.63) is 23.8 Å². The highest BCUT2D eigenvalue weighted by molar-refractivity contribution is 7.89. The van der Waals surface area contributed by atoms with E-state index in [4.69, 9.17) is 5.73 Å². The Morgan fingerprint density at radius 2 is 1.78 bits per heavy atom. The number of sulfonamides is 1. The van der Waals surface area contributed by atoms with E-state index in [1.807, 2.05) is 14.0 Å². The first-order chi connectivity index (χ1) is 8.41. The Morgan fingerprint density at radius 1 is 1.17 bits per heavy atom. The average Bonchev–Trinajstić information content (AvgIpc) is 2.29. The minimum atomic E-state index is -3.45. The zero-order valence-electron chi connectivity index (χ0n) is 10.8. The van der Waals surface area contributed by atoms with E-state index in [1.165, 1.54) is 4.31 Å². The molecular weight excluding hydrogens is 250 g/mol. The van der Waals surface area contributed by atoms with Gasteiger partial charge in [0.05, 0.1) is 5.69 Å². The molecule has 1 aliphatic heterocycles. The van der Waals surface area contributed by atoms with Crippen molar-refractivity contribution in [2.75, 3.05) is 39.0 Å². The van der Waals surface area contributed by atoms with Crippen LogP contribution in [0, 0.1) is 6.92 Å². The van der Waals surface area contributed by atoms with Gasteiger partial charge in [-0.05, 0) is 31.7 Å². The summed E-state index contributed by atoms with van der Waals surface area (Å²) in [5.74, 6) is 0. The standard InChI is InChI=1S/C12H19N3O2S/c1-10-3-4-12(11(13)9-10)18(16,17)15-7-5-14(2)6-8-15/h3-4,9H,5-8,13H2,1-2H3. The van der Waals surface area contributed by atoms with Crippen LogP contribution in [0.25, 0.3) is 0 Å². The van der Waals surface area contributed by atoms with Gasteiger partial charge in [-0.3, -0.25) is 0 Å². The van der Waals surface area contributed by atoms with Crippen molar-refractivity contribution in [3.8, 4) is 0 Å². The second kappa shape index (κ2) is 4.87. The number of piperazine rings is 1. The molecule has 18 heavy (non-hydrogen) atoms. The lowest BCUT2D eigenvalue weighted by atomic mass is 10.2. The average molecular weight is 269 g/mol. The topological polar surface area (TPSA) is 66.6 Å².